The Balaban J connectivity index is 1.33. The van der Waals surface area contributed by atoms with E-state index >= 15 is 0 Å². The number of hydrogen-bond acceptors (Lipinski definition) is 5. The third kappa shape index (κ3) is 6.37. The van der Waals surface area contributed by atoms with Crippen molar-refractivity contribution >= 4 is 33.2 Å². The molecule has 1 aliphatic heterocycles. The van der Waals surface area contributed by atoms with Crippen LogP contribution in [0, 0.1) is 6.92 Å². The van der Waals surface area contributed by atoms with Crippen LogP contribution in [0.5, 0.6) is 0 Å². The molecule has 1 fully saturated rings. The normalized spacial score (nSPS) is 14.8. The van der Waals surface area contributed by atoms with Gasteiger partial charge < -0.3 is 10.6 Å². The van der Waals surface area contributed by atoms with Crippen LogP contribution in [0.25, 0.3) is 0 Å². The molecule has 4 rings (SSSR count). The van der Waals surface area contributed by atoms with Gasteiger partial charge in [-0.2, -0.15) is 4.31 Å². The number of piperazine rings is 1. The fourth-order valence-electron chi connectivity index (χ4n) is 4.10. The molecular formula is C27H30N4O4S. The number of nitrogens with zero attached hydrogens (tertiary/aromatic N) is 2. The number of carbonyl (C=O) groups excluding carboxylic acids is 2. The Morgan fingerprint density at radius 2 is 1.44 bits per heavy atom. The number of anilines is 2. The minimum absolute atomic E-state index is 0.155. The summed E-state index contributed by atoms with van der Waals surface area (Å²) in [5.74, 6) is -0.379. The van der Waals surface area contributed by atoms with Crippen molar-refractivity contribution in [3.8, 4) is 0 Å². The number of rotatable bonds is 7. The lowest BCUT2D eigenvalue weighted by molar-refractivity contribution is -0.114. The molecule has 1 saturated heterocycles. The number of benzene rings is 3. The van der Waals surface area contributed by atoms with Crippen LogP contribution in [0.1, 0.15) is 28.4 Å². The van der Waals surface area contributed by atoms with Crippen molar-refractivity contribution in [2.24, 2.45) is 0 Å². The van der Waals surface area contributed by atoms with Crippen LogP contribution < -0.4 is 10.6 Å². The highest BCUT2D eigenvalue weighted by molar-refractivity contribution is 7.89. The molecule has 0 spiro atoms. The quantitative estimate of drug-likeness (QED) is 0.509. The van der Waals surface area contributed by atoms with Gasteiger partial charge in [0.2, 0.25) is 15.9 Å². The molecule has 2 amide bonds. The number of nitrogens with one attached hydrogen (secondary N) is 2. The maximum Gasteiger partial charge on any atom is 0.255 e. The van der Waals surface area contributed by atoms with E-state index in [0.29, 0.717) is 54.6 Å². The van der Waals surface area contributed by atoms with E-state index in [-0.39, 0.29) is 11.8 Å². The molecule has 2 N–H and O–H groups in total. The van der Waals surface area contributed by atoms with Gasteiger partial charge >= 0.3 is 0 Å². The molecule has 0 atom stereocenters. The van der Waals surface area contributed by atoms with Crippen molar-refractivity contribution in [2.45, 2.75) is 25.3 Å². The first kappa shape index (κ1) is 25.6. The maximum absolute atomic E-state index is 12.9. The fourth-order valence-corrected chi connectivity index (χ4v) is 5.52. The monoisotopic (exact) mass is 506 g/mol. The lowest BCUT2D eigenvalue weighted by Gasteiger charge is -2.34. The second-order valence-electron chi connectivity index (χ2n) is 8.91. The van der Waals surface area contributed by atoms with Gasteiger partial charge in [0, 0.05) is 56.6 Å². The molecule has 188 valence electrons. The Bertz CT molecular complexity index is 1330. The van der Waals surface area contributed by atoms with Crippen molar-refractivity contribution in [3.05, 3.63) is 89.5 Å². The highest BCUT2D eigenvalue weighted by Gasteiger charge is 2.28. The summed E-state index contributed by atoms with van der Waals surface area (Å²) < 4.78 is 27.4. The number of carbonyl (C=O) groups is 2. The molecule has 1 heterocycles. The van der Waals surface area contributed by atoms with E-state index in [9.17, 15) is 18.0 Å². The number of amides is 2. The third-order valence-corrected chi connectivity index (χ3v) is 7.96. The molecule has 0 saturated carbocycles. The van der Waals surface area contributed by atoms with Gasteiger partial charge in [0.15, 0.2) is 0 Å². The Labute approximate surface area is 212 Å². The Hall–Kier alpha value is -3.53. The summed E-state index contributed by atoms with van der Waals surface area (Å²) in [5.41, 5.74) is 3.84. The van der Waals surface area contributed by atoms with E-state index in [0.717, 1.165) is 11.1 Å². The van der Waals surface area contributed by atoms with E-state index in [1.807, 2.05) is 37.3 Å². The highest BCUT2D eigenvalue weighted by Crippen LogP contribution is 2.20. The largest absolute Gasteiger partial charge is 0.326 e. The van der Waals surface area contributed by atoms with E-state index in [2.05, 4.69) is 15.5 Å². The fraction of sp³-hybridized carbons (Fsp3) is 0.259. The van der Waals surface area contributed by atoms with Gasteiger partial charge in [-0.15, -0.1) is 0 Å². The Kier molecular flexibility index (Phi) is 7.83. The van der Waals surface area contributed by atoms with Gasteiger partial charge in [-0.3, -0.25) is 14.5 Å². The summed E-state index contributed by atoms with van der Waals surface area (Å²) in [5, 5.41) is 5.56. The molecule has 0 unspecified atom stereocenters. The van der Waals surface area contributed by atoms with Gasteiger partial charge in [-0.25, -0.2) is 8.42 Å². The maximum atomic E-state index is 12.9. The van der Waals surface area contributed by atoms with Crippen LogP contribution in [0.3, 0.4) is 0 Å². The minimum atomic E-state index is -3.50. The summed E-state index contributed by atoms with van der Waals surface area (Å²) in [6.45, 7) is 6.07. The molecule has 36 heavy (non-hydrogen) atoms. The van der Waals surface area contributed by atoms with Crippen molar-refractivity contribution in [2.75, 3.05) is 36.8 Å². The molecule has 9 heteroatoms. The molecule has 0 aliphatic carbocycles. The second kappa shape index (κ2) is 11.0. The predicted octanol–water partition coefficient (Wildman–Crippen LogP) is 3.71. The molecule has 0 bridgehead atoms. The first-order chi connectivity index (χ1) is 17.2. The third-order valence-electron chi connectivity index (χ3n) is 6.05. The molecule has 3 aromatic carbocycles. The minimum Gasteiger partial charge on any atom is -0.326 e. The van der Waals surface area contributed by atoms with Crippen LogP contribution in [0.4, 0.5) is 11.4 Å². The predicted molar refractivity (Wildman–Crippen MR) is 140 cm³/mol. The van der Waals surface area contributed by atoms with Gasteiger partial charge in [0.1, 0.15) is 0 Å². The number of aryl methyl sites for hydroxylation is 1. The average molecular weight is 507 g/mol. The second-order valence-corrected chi connectivity index (χ2v) is 10.8. The zero-order chi connectivity index (χ0) is 25.7. The van der Waals surface area contributed by atoms with Crippen LogP contribution in [-0.4, -0.2) is 55.6 Å². The lowest BCUT2D eigenvalue weighted by Crippen LogP contribution is -2.48. The number of hydrogen-bond donors (Lipinski definition) is 2. The summed E-state index contributed by atoms with van der Waals surface area (Å²) >= 11 is 0. The van der Waals surface area contributed by atoms with Gasteiger partial charge in [-0.05, 0) is 61.0 Å². The molecule has 0 radical (unpaired) electrons. The van der Waals surface area contributed by atoms with Crippen LogP contribution >= 0.6 is 0 Å². The van der Waals surface area contributed by atoms with Crippen LogP contribution in [0.15, 0.2) is 77.7 Å². The summed E-state index contributed by atoms with van der Waals surface area (Å²) in [6.07, 6.45) is 0. The standard InChI is InChI=1S/C27H30N4O4S/c1-20-6-12-26(13-7-20)36(34,35)31-16-14-30(15-17-31)19-22-4-3-5-23(18-22)27(33)29-25-10-8-24(9-11-25)28-21(2)32/h3-13,18H,14-17,19H2,1-2H3,(H,28,32)(H,29,33). The van der Waals surface area contributed by atoms with Gasteiger partial charge in [0.25, 0.3) is 5.91 Å². The van der Waals surface area contributed by atoms with E-state index in [1.165, 1.54) is 11.2 Å². The lowest BCUT2D eigenvalue weighted by atomic mass is 10.1. The van der Waals surface area contributed by atoms with E-state index in [1.54, 1.807) is 42.5 Å². The zero-order valence-electron chi connectivity index (χ0n) is 20.4. The summed E-state index contributed by atoms with van der Waals surface area (Å²) in [7, 11) is -3.50. The molecular weight excluding hydrogens is 476 g/mol. The molecule has 0 aromatic heterocycles. The Morgan fingerprint density at radius 1 is 0.833 bits per heavy atom. The first-order valence-corrected chi connectivity index (χ1v) is 13.2. The van der Waals surface area contributed by atoms with Crippen molar-refractivity contribution in [3.63, 3.8) is 0 Å². The average Bonchev–Trinajstić information content (AvgIpc) is 2.86. The molecule has 3 aromatic rings. The zero-order valence-corrected chi connectivity index (χ0v) is 21.2. The highest BCUT2D eigenvalue weighted by atomic mass is 32.2. The summed E-state index contributed by atoms with van der Waals surface area (Å²) in [6, 6.07) is 21.3. The van der Waals surface area contributed by atoms with Gasteiger partial charge in [0.05, 0.1) is 4.90 Å². The van der Waals surface area contributed by atoms with Crippen molar-refractivity contribution < 1.29 is 18.0 Å². The SMILES string of the molecule is CC(=O)Nc1ccc(NC(=O)c2cccc(CN3CCN(S(=O)(=O)c4ccc(C)cc4)CC3)c2)cc1. The van der Waals surface area contributed by atoms with Crippen LogP contribution in [0.2, 0.25) is 0 Å². The van der Waals surface area contributed by atoms with E-state index < -0.39 is 10.0 Å². The number of sulfonamides is 1. The van der Waals surface area contributed by atoms with Gasteiger partial charge in [-0.1, -0.05) is 29.8 Å². The van der Waals surface area contributed by atoms with Crippen LogP contribution in [-0.2, 0) is 21.4 Å². The van der Waals surface area contributed by atoms with Crippen molar-refractivity contribution in [1.82, 2.24) is 9.21 Å². The van der Waals surface area contributed by atoms with E-state index in [4.69, 9.17) is 0 Å². The Morgan fingerprint density at radius 3 is 2.06 bits per heavy atom. The molecule has 1 aliphatic rings. The summed E-state index contributed by atoms with van der Waals surface area (Å²) in [4.78, 5) is 26.4. The molecule has 8 nitrogen and oxygen atoms in total. The smallest absolute Gasteiger partial charge is 0.255 e. The van der Waals surface area contributed by atoms with Crippen molar-refractivity contribution in [1.29, 1.82) is 0 Å². The first-order valence-electron chi connectivity index (χ1n) is 11.8. The topological polar surface area (TPSA) is 98.8 Å².